The molecule has 0 radical (unpaired) electrons. The second-order valence-corrected chi connectivity index (χ2v) is 31.0. The normalized spacial score (nSPS) is 14.1. The van der Waals surface area contributed by atoms with E-state index >= 15 is 0 Å². The molecule has 2 unspecified atom stereocenters. The van der Waals surface area contributed by atoms with Gasteiger partial charge < -0.3 is 33.8 Å². The van der Waals surface area contributed by atoms with Gasteiger partial charge in [-0.05, 0) is 43.4 Å². The van der Waals surface area contributed by atoms with Crippen molar-refractivity contribution in [2.24, 2.45) is 17.8 Å². The van der Waals surface area contributed by atoms with Crippen LogP contribution in [0.2, 0.25) is 0 Å². The van der Waals surface area contributed by atoms with Crippen LogP contribution in [-0.4, -0.2) is 96.7 Å². The fourth-order valence-corrected chi connectivity index (χ4v) is 12.8. The molecule has 0 saturated carbocycles. The molecular weight excluding hydrogens is 1220 g/mol. The molecule has 0 rings (SSSR count). The van der Waals surface area contributed by atoms with E-state index in [0.29, 0.717) is 37.5 Å². The van der Waals surface area contributed by atoms with Gasteiger partial charge in [0.15, 0.2) is 12.2 Å². The van der Waals surface area contributed by atoms with E-state index in [-0.39, 0.29) is 25.7 Å². The first-order chi connectivity index (χ1) is 44.7. The molecule has 3 N–H and O–H groups in total. The van der Waals surface area contributed by atoms with Gasteiger partial charge in [-0.2, -0.15) is 0 Å². The SMILES string of the molecule is CCCCCCCCCCCCCCCCCCC(=O)OC[C@H](COP(=O)(O)OC[C@@H](O)COP(=O)(O)OC[C@@H](COC(=O)CCCCCCCCC(C)C)OC(=O)CCCCCCCCCC(C)C)OC(=O)CCCCCCCCCCCCCCCCCC(C)C. The van der Waals surface area contributed by atoms with Crippen LogP contribution < -0.4 is 0 Å². The fourth-order valence-electron chi connectivity index (χ4n) is 11.2. The number of aliphatic hydroxyl groups excluding tert-OH is 1. The number of ether oxygens (including phenoxy) is 4. The third-order valence-corrected chi connectivity index (χ3v) is 19.0. The first-order valence-electron chi connectivity index (χ1n) is 38.3. The van der Waals surface area contributed by atoms with E-state index in [4.69, 9.17) is 37.0 Å². The molecule has 0 aliphatic rings. The molecule has 0 heterocycles. The van der Waals surface area contributed by atoms with Crippen LogP contribution in [0, 0.1) is 17.8 Å². The summed E-state index contributed by atoms with van der Waals surface area (Å²) in [5.74, 6) is 0.0531. The number of carbonyl (C=O) groups excluding carboxylic acids is 4. The summed E-state index contributed by atoms with van der Waals surface area (Å²) in [5, 5.41) is 10.6. The second kappa shape index (κ2) is 64.7. The molecule has 5 atom stereocenters. The van der Waals surface area contributed by atoms with Gasteiger partial charge in [0.2, 0.25) is 0 Å². The lowest BCUT2D eigenvalue weighted by atomic mass is 10.0. The zero-order valence-corrected chi connectivity index (χ0v) is 62.5. The maximum Gasteiger partial charge on any atom is 0.472 e. The van der Waals surface area contributed by atoms with Crippen molar-refractivity contribution in [2.75, 3.05) is 39.6 Å². The molecular formula is C74H144O17P2. The fraction of sp³-hybridized carbons (Fsp3) is 0.946. The summed E-state index contributed by atoms with van der Waals surface area (Å²) in [6.45, 7) is 11.8. The van der Waals surface area contributed by atoms with Crippen LogP contribution in [0.15, 0.2) is 0 Å². The van der Waals surface area contributed by atoms with Crippen LogP contribution in [0.3, 0.4) is 0 Å². The topological polar surface area (TPSA) is 237 Å². The number of carbonyl (C=O) groups is 4. The smallest absolute Gasteiger partial charge is 0.462 e. The molecule has 0 saturated heterocycles. The molecule has 0 fully saturated rings. The molecule has 19 heteroatoms. The van der Waals surface area contributed by atoms with E-state index in [1.807, 2.05) is 0 Å². The Kier molecular flexibility index (Phi) is 63.4. The highest BCUT2D eigenvalue weighted by Gasteiger charge is 2.30. The van der Waals surface area contributed by atoms with Crippen molar-refractivity contribution in [1.29, 1.82) is 0 Å². The van der Waals surface area contributed by atoms with Crippen LogP contribution in [0.1, 0.15) is 376 Å². The zero-order valence-electron chi connectivity index (χ0n) is 60.7. The number of phosphoric ester groups is 2. The third-order valence-electron chi connectivity index (χ3n) is 17.1. The summed E-state index contributed by atoms with van der Waals surface area (Å²) in [6, 6.07) is 0. The summed E-state index contributed by atoms with van der Waals surface area (Å²) in [4.78, 5) is 72.6. The molecule has 0 bridgehead atoms. The molecule has 0 amide bonds. The minimum Gasteiger partial charge on any atom is -0.462 e. The van der Waals surface area contributed by atoms with E-state index in [2.05, 4.69) is 48.5 Å². The van der Waals surface area contributed by atoms with Crippen molar-refractivity contribution in [3.8, 4) is 0 Å². The van der Waals surface area contributed by atoms with Gasteiger partial charge in [0, 0.05) is 25.7 Å². The Morgan fingerprint density at radius 3 is 0.731 bits per heavy atom. The maximum atomic E-state index is 13.1. The van der Waals surface area contributed by atoms with Gasteiger partial charge in [0.25, 0.3) is 0 Å². The molecule has 0 aliphatic carbocycles. The molecule has 0 aromatic rings. The highest BCUT2D eigenvalue weighted by Crippen LogP contribution is 2.45. The van der Waals surface area contributed by atoms with Gasteiger partial charge in [-0.15, -0.1) is 0 Å². The summed E-state index contributed by atoms with van der Waals surface area (Å²) in [5.41, 5.74) is 0. The number of aliphatic hydroxyl groups is 1. The average Bonchev–Trinajstić information content (AvgIpc) is 2.34. The van der Waals surface area contributed by atoms with E-state index < -0.39 is 97.5 Å². The number of unbranched alkanes of at least 4 members (excludes halogenated alkanes) is 40. The molecule has 0 aromatic heterocycles. The number of esters is 4. The summed E-state index contributed by atoms with van der Waals surface area (Å²) >= 11 is 0. The first-order valence-corrected chi connectivity index (χ1v) is 41.3. The average molecular weight is 1370 g/mol. The van der Waals surface area contributed by atoms with E-state index in [1.54, 1.807) is 0 Å². The van der Waals surface area contributed by atoms with E-state index in [9.17, 15) is 43.2 Å². The molecule has 552 valence electrons. The van der Waals surface area contributed by atoms with Crippen molar-refractivity contribution in [2.45, 2.75) is 394 Å². The summed E-state index contributed by atoms with van der Waals surface area (Å²) in [6.07, 6.45) is 50.3. The van der Waals surface area contributed by atoms with E-state index in [0.717, 1.165) is 102 Å². The van der Waals surface area contributed by atoms with Gasteiger partial charge in [-0.3, -0.25) is 37.3 Å². The largest absolute Gasteiger partial charge is 0.472 e. The van der Waals surface area contributed by atoms with Crippen LogP contribution >= 0.6 is 15.6 Å². The van der Waals surface area contributed by atoms with Crippen LogP contribution in [-0.2, 0) is 65.4 Å². The Labute approximate surface area is 568 Å². The summed E-state index contributed by atoms with van der Waals surface area (Å²) < 4.78 is 68.4. The van der Waals surface area contributed by atoms with Gasteiger partial charge in [-0.25, -0.2) is 9.13 Å². The quantitative estimate of drug-likeness (QED) is 0.0222. The lowest BCUT2D eigenvalue weighted by Gasteiger charge is -2.21. The predicted octanol–water partition coefficient (Wildman–Crippen LogP) is 21.4. The van der Waals surface area contributed by atoms with Crippen LogP contribution in [0.25, 0.3) is 0 Å². The minimum atomic E-state index is -4.96. The maximum absolute atomic E-state index is 13.1. The Bertz CT molecular complexity index is 1820. The van der Waals surface area contributed by atoms with Gasteiger partial charge in [0.05, 0.1) is 26.4 Å². The zero-order chi connectivity index (χ0) is 68.7. The molecule has 17 nitrogen and oxygen atoms in total. The predicted molar refractivity (Wildman–Crippen MR) is 377 cm³/mol. The van der Waals surface area contributed by atoms with Crippen molar-refractivity contribution in [3.63, 3.8) is 0 Å². The number of hydrogen-bond acceptors (Lipinski definition) is 15. The van der Waals surface area contributed by atoms with Crippen LogP contribution in [0.5, 0.6) is 0 Å². The Balaban J connectivity index is 5.22. The Morgan fingerprint density at radius 2 is 0.495 bits per heavy atom. The summed E-state index contributed by atoms with van der Waals surface area (Å²) in [7, 11) is -9.91. The molecule has 0 aliphatic heterocycles. The highest BCUT2D eigenvalue weighted by atomic mass is 31.2. The highest BCUT2D eigenvalue weighted by molar-refractivity contribution is 7.47. The van der Waals surface area contributed by atoms with Crippen molar-refractivity contribution in [1.82, 2.24) is 0 Å². The first kappa shape index (κ1) is 91.1. The van der Waals surface area contributed by atoms with Gasteiger partial charge >= 0.3 is 39.5 Å². The monoisotopic (exact) mass is 1370 g/mol. The molecule has 0 aromatic carbocycles. The number of rotatable bonds is 72. The van der Waals surface area contributed by atoms with Crippen molar-refractivity contribution >= 4 is 39.5 Å². The Hall–Kier alpha value is -1.94. The van der Waals surface area contributed by atoms with Crippen molar-refractivity contribution in [3.05, 3.63) is 0 Å². The molecule has 93 heavy (non-hydrogen) atoms. The van der Waals surface area contributed by atoms with E-state index in [1.165, 1.54) is 180 Å². The lowest BCUT2D eigenvalue weighted by molar-refractivity contribution is -0.161. The Morgan fingerprint density at radius 1 is 0.290 bits per heavy atom. The van der Waals surface area contributed by atoms with Gasteiger partial charge in [-0.1, -0.05) is 325 Å². The van der Waals surface area contributed by atoms with Crippen LogP contribution in [0.4, 0.5) is 0 Å². The lowest BCUT2D eigenvalue weighted by Crippen LogP contribution is -2.30. The number of phosphoric acid groups is 2. The van der Waals surface area contributed by atoms with Gasteiger partial charge in [0.1, 0.15) is 19.3 Å². The molecule has 0 spiro atoms. The third kappa shape index (κ3) is 68.4. The van der Waals surface area contributed by atoms with Crippen molar-refractivity contribution < 1.29 is 80.2 Å². The number of hydrogen-bond donors (Lipinski definition) is 3. The standard InChI is InChI=1S/C74H144O17P2/c1-8-9-10-11-12-13-14-15-16-19-22-25-28-33-41-48-55-71(76)84-61-69(90-73(78)57-50-43-34-29-26-23-20-17-18-21-24-27-31-38-45-52-65(2)3)63-88-92(80,81)86-59-68(75)60-87-93(82,83)89-64-70(62-85-72(77)56-49-42-37-36-40-47-54-67(6)7)91-74(79)58-51-44-35-30-32-39-46-53-66(4)5/h65-70,75H,8-64H2,1-7H3,(H,80,81)(H,82,83)/t68-,69-,70-/m1/s1. The second-order valence-electron chi connectivity index (χ2n) is 28.1. The minimum absolute atomic E-state index is 0.102.